The second-order valence-electron chi connectivity index (χ2n) is 6.92. The zero-order valence-electron chi connectivity index (χ0n) is 16.9. The van der Waals surface area contributed by atoms with Crippen molar-refractivity contribution >= 4 is 39.9 Å². The van der Waals surface area contributed by atoms with E-state index in [4.69, 9.17) is 4.74 Å². The summed E-state index contributed by atoms with van der Waals surface area (Å²) in [7, 11) is 0. The van der Waals surface area contributed by atoms with E-state index in [-0.39, 0.29) is 24.8 Å². The van der Waals surface area contributed by atoms with Gasteiger partial charge in [-0.25, -0.2) is 4.98 Å². The van der Waals surface area contributed by atoms with E-state index in [1.54, 1.807) is 15.2 Å². The first kappa shape index (κ1) is 21.0. The molecule has 1 aromatic carbocycles. The molecule has 1 aliphatic rings. The highest BCUT2D eigenvalue weighted by Crippen LogP contribution is 2.27. The Balaban J connectivity index is 1.57. The predicted molar refractivity (Wildman–Crippen MR) is 112 cm³/mol. The summed E-state index contributed by atoms with van der Waals surface area (Å²) < 4.78 is 5.39. The van der Waals surface area contributed by atoms with Gasteiger partial charge in [-0.05, 0) is 31.0 Å². The number of carbonyl (C=O) groups excluding carboxylic acids is 3. The minimum Gasteiger partial charge on any atom is -0.459 e. The largest absolute Gasteiger partial charge is 0.459 e. The van der Waals surface area contributed by atoms with E-state index in [2.05, 4.69) is 11.9 Å². The van der Waals surface area contributed by atoms with Gasteiger partial charge in [-0.3, -0.25) is 19.3 Å². The Kier molecular flexibility index (Phi) is 6.64. The van der Waals surface area contributed by atoms with Gasteiger partial charge in [0.05, 0.1) is 11.6 Å². The van der Waals surface area contributed by atoms with Crippen molar-refractivity contribution in [3.63, 3.8) is 0 Å². The van der Waals surface area contributed by atoms with E-state index < -0.39 is 11.9 Å². The Morgan fingerprint density at radius 1 is 1.28 bits per heavy atom. The SMILES string of the molecule is CCc1ccc(N2CC(C(=O)OCc3csc(N(CC)C(C)=O)n3)CC2=O)cc1. The van der Waals surface area contributed by atoms with Crippen LogP contribution in [0.3, 0.4) is 0 Å². The second-order valence-corrected chi connectivity index (χ2v) is 7.75. The summed E-state index contributed by atoms with van der Waals surface area (Å²) in [6.07, 6.45) is 1.08. The molecule has 0 N–H and O–H groups in total. The third kappa shape index (κ3) is 4.82. The molecule has 3 rings (SSSR count). The maximum absolute atomic E-state index is 12.5. The molecule has 1 fully saturated rings. The molecule has 1 aromatic heterocycles. The number of ether oxygens (including phenoxy) is 1. The molecule has 29 heavy (non-hydrogen) atoms. The second kappa shape index (κ2) is 9.17. The van der Waals surface area contributed by atoms with E-state index in [1.165, 1.54) is 23.8 Å². The fourth-order valence-electron chi connectivity index (χ4n) is 3.27. The van der Waals surface area contributed by atoms with Gasteiger partial charge in [0.25, 0.3) is 0 Å². The van der Waals surface area contributed by atoms with E-state index in [0.717, 1.165) is 12.1 Å². The lowest BCUT2D eigenvalue weighted by molar-refractivity contribution is -0.149. The molecule has 1 saturated heterocycles. The molecule has 0 radical (unpaired) electrons. The number of amides is 2. The van der Waals surface area contributed by atoms with Gasteiger partial charge in [0.15, 0.2) is 5.13 Å². The number of aromatic nitrogens is 1. The van der Waals surface area contributed by atoms with Crippen molar-refractivity contribution in [3.05, 3.63) is 40.9 Å². The van der Waals surface area contributed by atoms with Crippen LogP contribution in [0.5, 0.6) is 0 Å². The first-order valence-corrected chi connectivity index (χ1v) is 10.6. The van der Waals surface area contributed by atoms with Crippen molar-refractivity contribution in [2.45, 2.75) is 40.2 Å². The van der Waals surface area contributed by atoms with Crippen LogP contribution < -0.4 is 9.80 Å². The maximum Gasteiger partial charge on any atom is 0.311 e. The molecular weight excluding hydrogens is 390 g/mol. The summed E-state index contributed by atoms with van der Waals surface area (Å²) in [6.45, 7) is 6.32. The molecule has 2 amide bonds. The predicted octanol–water partition coefficient (Wildman–Crippen LogP) is 3.17. The molecular formula is C21H25N3O4S. The highest BCUT2D eigenvalue weighted by molar-refractivity contribution is 7.14. The third-order valence-electron chi connectivity index (χ3n) is 4.94. The van der Waals surface area contributed by atoms with Crippen LogP contribution in [-0.4, -0.2) is 35.9 Å². The Labute approximate surface area is 174 Å². The van der Waals surface area contributed by atoms with Gasteiger partial charge < -0.3 is 9.64 Å². The number of carbonyl (C=O) groups is 3. The summed E-state index contributed by atoms with van der Waals surface area (Å²) in [5.74, 6) is -1.05. The average molecular weight is 416 g/mol. The molecule has 1 unspecified atom stereocenters. The molecule has 0 aliphatic carbocycles. The first-order chi connectivity index (χ1) is 13.9. The summed E-state index contributed by atoms with van der Waals surface area (Å²) in [5, 5.41) is 2.36. The number of esters is 1. The summed E-state index contributed by atoms with van der Waals surface area (Å²) >= 11 is 1.34. The Morgan fingerprint density at radius 2 is 2.00 bits per heavy atom. The van der Waals surface area contributed by atoms with Crippen molar-refractivity contribution < 1.29 is 19.1 Å². The van der Waals surface area contributed by atoms with Gasteiger partial charge in [0, 0.05) is 37.5 Å². The van der Waals surface area contributed by atoms with Crippen molar-refractivity contribution in [3.8, 4) is 0 Å². The number of hydrogen-bond acceptors (Lipinski definition) is 6. The van der Waals surface area contributed by atoms with E-state index in [0.29, 0.717) is 23.9 Å². The number of aryl methyl sites for hydroxylation is 1. The van der Waals surface area contributed by atoms with Gasteiger partial charge >= 0.3 is 5.97 Å². The minimum atomic E-state index is -0.490. The molecule has 1 aliphatic heterocycles. The fourth-order valence-corrected chi connectivity index (χ4v) is 4.19. The van der Waals surface area contributed by atoms with Crippen LogP contribution in [0.25, 0.3) is 0 Å². The van der Waals surface area contributed by atoms with Crippen LogP contribution in [0.4, 0.5) is 10.8 Å². The number of thiazole rings is 1. The van der Waals surface area contributed by atoms with Gasteiger partial charge in [0.2, 0.25) is 11.8 Å². The molecule has 1 atom stereocenters. The monoisotopic (exact) mass is 415 g/mol. The van der Waals surface area contributed by atoms with Crippen molar-refractivity contribution in [1.29, 1.82) is 0 Å². The highest BCUT2D eigenvalue weighted by Gasteiger charge is 2.36. The van der Waals surface area contributed by atoms with Crippen LogP contribution in [-0.2, 0) is 32.1 Å². The molecule has 7 nitrogen and oxygen atoms in total. The molecule has 0 bridgehead atoms. The van der Waals surface area contributed by atoms with Crippen molar-refractivity contribution in [2.24, 2.45) is 5.92 Å². The Hall–Kier alpha value is -2.74. The van der Waals surface area contributed by atoms with E-state index in [9.17, 15) is 14.4 Å². The van der Waals surface area contributed by atoms with Crippen LogP contribution in [0.15, 0.2) is 29.6 Å². The van der Waals surface area contributed by atoms with Crippen molar-refractivity contribution in [2.75, 3.05) is 22.9 Å². The van der Waals surface area contributed by atoms with Crippen LogP contribution in [0.2, 0.25) is 0 Å². The molecule has 0 saturated carbocycles. The molecule has 2 heterocycles. The normalized spacial score (nSPS) is 16.2. The molecule has 8 heteroatoms. The van der Waals surface area contributed by atoms with Gasteiger partial charge in [-0.2, -0.15) is 0 Å². The topological polar surface area (TPSA) is 79.8 Å². The zero-order chi connectivity index (χ0) is 21.0. The first-order valence-electron chi connectivity index (χ1n) is 9.71. The van der Waals surface area contributed by atoms with E-state index in [1.807, 2.05) is 31.2 Å². The summed E-state index contributed by atoms with van der Waals surface area (Å²) in [4.78, 5) is 44.0. The minimum absolute atomic E-state index is 0.0285. The van der Waals surface area contributed by atoms with Crippen LogP contribution in [0.1, 0.15) is 38.4 Å². The highest BCUT2D eigenvalue weighted by atomic mass is 32.1. The lowest BCUT2D eigenvalue weighted by Crippen LogP contribution is -2.27. The van der Waals surface area contributed by atoms with Gasteiger partial charge in [-0.1, -0.05) is 19.1 Å². The van der Waals surface area contributed by atoms with Gasteiger partial charge in [-0.15, -0.1) is 11.3 Å². The Bertz CT molecular complexity index is 894. The third-order valence-corrected chi connectivity index (χ3v) is 5.86. The lowest BCUT2D eigenvalue weighted by Gasteiger charge is -2.17. The number of rotatable bonds is 7. The molecule has 154 valence electrons. The number of hydrogen-bond donors (Lipinski definition) is 0. The lowest BCUT2D eigenvalue weighted by atomic mass is 10.1. The Morgan fingerprint density at radius 3 is 2.62 bits per heavy atom. The average Bonchev–Trinajstić information content (AvgIpc) is 3.33. The number of nitrogens with zero attached hydrogens (tertiary/aromatic N) is 3. The number of anilines is 2. The zero-order valence-corrected chi connectivity index (χ0v) is 17.7. The van der Waals surface area contributed by atoms with E-state index >= 15 is 0 Å². The van der Waals surface area contributed by atoms with Crippen LogP contribution >= 0.6 is 11.3 Å². The number of benzene rings is 1. The molecule has 2 aromatic rings. The summed E-state index contributed by atoms with van der Waals surface area (Å²) in [5.41, 5.74) is 2.59. The standard InChI is InChI=1S/C21H25N3O4S/c1-4-15-6-8-18(9-7-15)24-11-16(10-19(24)26)20(27)28-12-17-13-29-21(22-17)23(5-2)14(3)25/h6-9,13,16H,4-5,10-12H2,1-3H3. The van der Waals surface area contributed by atoms with Crippen molar-refractivity contribution in [1.82, 2.24) is 4.98 Å². The smallest absolute Gasteiger partial charge is 0.311 e. The van der Waals surface area contributed by atoms with Crippen LogP contribution in [0, 0.1) is 5.92 Å². The fraction of sp³-hybridized carbons (Fsp3) is 0.429. The quantitative estimate of drug-likeness (QED) is 0.649. The maximum atomic E-state index is 12.5. The van der Waals surface area contributed by atoms with Gasteiger partial charge in [0.1, 0.15) is 6.61 Å². The molecule has 0 spiro atoms. The summed E-state index contributed by atoms with van der Waals surface area (Å²) in [6, 6.07) is 7.81.